The van der Waals surface area contributed by atoms with Crippen LogP contribution in [0.15, 0.2) is 12.2 Å². The van der Waals surface area contributed by atoms with Gasteiger partial charge in [-0.2, -0.15) is 0 Å². The highest BCUT2D eigenvalue weighted by molar-refractivity contribution is 7.09. The molecule has 0 aromatic carbocycles. The summed E-state index contributed by atoms with van der Waals surface area (Å²) in [6.45, 7) is 4.84. The highest BCUT2D eigenvalue weighted by Crippen LogP contribution is 2.02. The minimum Gasteiger partial charge on any atom is -0.381 e. The molecule has 0 radical (unpaired) electrons. The fraction of sp³-hybridized carbons (Fsp3) is 0.846. The summed E-state index contributed by atoms with van der Waals surface area (Å²) >= 11 is 0. The molecule has 96 valence electrons. The van der Waals surface area contributed by atoms with E-state index in [4.69, 9.17) is 9.26 Å². The molecular formula is C13H27O2P. The molecule has 0 saturated carbocycles. The van der Waals surface area contributed by atoms with Gasteiger partial charge in [-0.05, 0) is 32.1 Å². The lowest BCUT2D eigenvalue weighted by atomic mass is 10.2. The molecule has 0 aliphatic carbocycles. The molecule has 0 bridgehead atoms. The van der Waals surface area contributed by atoms with Gasteiger partial charge >= 0.3 is 0 Å². The van der Waals surface area contributed by atoms with Gasteiger partial charge < -0.3 is 9.26 Å². The van der Waals surface area contributed by atoms with Crippen molar-refractivity contribution in [1.82, 2.24) is 0 Å². The minimum atomic E-state index is 0.856. The van der Waals surface area contributed by atoms with Gasteiger partial charge in [0.2, 0.25) is 0 Å². The molecule has 2 nitrogen and oxygen atoms in total. The third-order valence-electron chi connectivity index (χ3n) is 2.36. The van der Waals surface area contributed by atoms with Crippen molar-refractivity contribution in [2.45, 2.75) is 51.9 Å². The second-order valence-corrected chi connectivity index (χ2v) is 4.25. The van der Waals surface area contributed by atoms with Crippen LogP contribution in [0.5, 0.6) is 0 Å². The Morgan fingerprint density at radius 1 is 0.875 bits per heavy atom. The van der Waals surface area contributed by atoms with Crippen LogP contribution in [0.4, 0.5) is 0 Å². The van der Waals surface area contributed by atoms with Crippen LogP contribution in [0, 0.1) is 0 Å². The van der Waals surface area contributed by atoms with Gasteiger partial charge in [0, 0.05) is 22.7 Å². The standard InChI is InChI=1S/C13H27O2P/c1-2-3-4-5-8-11-14-12-9-6-7-10-13-15-16/h3-4H,2,5-13,16H2,1H3. The van der Waals surface area contributed by atoms with Gasteiger partial charge in [0.05, 0.1) is 6.61 Å². The number of allylic oxidation sites excluding steroid dienone is 2. The van der Waals surface area contributed by atoms with E-state index >= 15 is 0 Å². The van der Waals surface area contributed by atoms with Crippen LogP contribution < -0.4 is 0 Å². The van der Waals surface area contributed by atoms with E-state index < -0.39 is 0 Å². The predicted molar refractivity (Wildman–Crippen MR) is 73.6 cm³/mol. The topological polar surface area (TPSA) is 18.5 Å². The van der Waals surface area contributed by atoms with E-state index in [-0.39, 0.29) is 0 Å². The number of hydrogen-bond donors (Lipinski definition) is 0. The van der Waals surface area contributed by atoms with Crippen molar-refractivity contribution in [3.05, 3.63) is 12.2 Å². The Hall–Kier alpha value is 0.0900. The Kier molecular flexibility index (Phi) is 15.2. The summed E-state index contributed by atoms with van der Waals surface area (Å²) in [7, 11) is 2.29. The summed E-state index contributed by atoms with van der Waals surface area (Å²) in [6, 6.07) is 0. The van der Waals surface area contributed by atoms with Crippen LogP contribution in [0.25, 0.3) is 0 Å². The minimum absolute atomic E-state index is 0.856. The van der Waals surface area contributed by atoms with E-state index in [0.717, 1.165) is 45.5 Å². The van der Waals surface area contributed by atoms with Gasteiger partial charge in [-0.25, -0.2) is 0 Å². The summed E-state index contributed by atoms with van der Waals surface area (Å²) in [5.74, 6) is 0. The Labute approximate surface area is 103 Å². The summed E-state index contributed by atoms with van der Waals surface area (Å²) in [6.07, 6.45) is 12.7. The molecule has 0 amide bonds. The van der Waals surface area contributed by atoms with Crippen molar-refractivity contribution in [2.24, 2.45) is 0 Å². The van der Waals surface area contributed by atoms with E-state index in [2.05, 4.69) is 28.5 Å². The molecule has 0 rings (SSSR count). The largest absolute Gasteiger partial charge is 0.381 e. The normalized spacial score (nSPS) is 11.4. The fourth-order valence-corrected chi connectivity index (χ4v) is 1.60. The van der Waals surface area contributed by atoms with Crippen LogP contribution >= 0.6 is 9.47 Å². The molecule has 0 spiro atoms. The summed E-state index contributed by atoms with van der Waals surface area (Å²) in [5.41, 5.74) is 0. The maximum absolute atomic E-state index is 5.55. The average molecular weight is 246 g/mol. The molecule has 1 atom stereocenters. The highest BCUT2D eigenvalue weighted by atomic mass is 31.0. The molecule has 0 aromatic heterocycles. The van der Waals surface area contributed by atoms with Gasteiger partial charge in [-0.3, -0.25) is 0 Å². The number of rotatable bonds is 12. The molecule has 0 saturated heterocycles. The van der Waals surface area contributed by atoms with Crippen molar-refractivity contribution in [3.8, 4) is 0 Å². The van der Waals surface area contributed by atoms with E-state index in [1.165, 1.54) is 19.3 Å². The van der Waals surface area contributed by atoms with Crippen molar-refractivity contribution in [2.75, 3.05) is 19.8 Å². The summed E-state index contributed by atoms with van der Waals surface area (Å²) in [4.78, 5) is 0. The lowest BCUT2D eigenvalue weighted by Gasteiger charge is -2.03. The van der Waals surface area contributed by atoms with Crippen molar-refractivity contribution in [3.63, 3.8) is 0 Å². The lowest BCUT2D eigenvalue weighted by Crippen LogP contribution is -1.97. The average Bonchev–Trinajstić information content (AvgIpc) is 2.31. The Balaban J connectivity index is 2.90. The van der Waals surface area contributed by atoms with Gasteiger partial charge in [0.1, 0.15) is 0 Å². The fourth-order valence-electron chi connectivity index (χ4n) is 1.43. The molecule has 1 unspecified atom stereocenters. The third kappa shape index (κ3) is 14.1. The number of unbranched alkanes of at least 4 members (excludes halogenated alkanes) is 4. The maximum atomic E-state index is 5.55. The van der Waals surface area contributed by atoms with E-state index in [0.29, 0.717) is 0 Å². The molecular weight excluding hydrogens is 219 g/mol. The highest BCUT2D eigenvalue weighted by Gasteiger charge is 1.91. The zero-order valence-corrected chi connectivity index (χ0v) is 11.8. The van der Waals surface area contributed by atoms with E-state index in [1.807, 2.05) is 0 Å². The third-order valence-corrected chi connectivity index (χ3v) is 2.60. The van der Waals surface area contributed by atoms with E-state index in [9.17, 15) is 0 Å². The van der Waals surface area contributed by atoms with Crippen molar-refractivity contribution in [1.29, 1.82) is 0 Å². The van der Waals surface area contributed by atoms with Gasteiger partial charge in [0.15, 0.2) is 0 Å². The molecule has 0 aromatic rings. The molecule has 0 aliphatic rings. The Morgan fingerprint density at radius 2 is 1.56 bits per heavy atom. The monoisotopic (exact) mass is 246 g/mol. The van der Waals surface area contributed by atoms with Gasteiger partial charge in [0.25, 0.3) is 0 Å². The van der Waals surface area contributed by atoms with Crippen LogP contribution in [-0.4, -0.2) is 19.8 Å². The molecule has 3 heteroatoms. The van der Waals surface area contributed by atoms with Crippen molar-refractivity contribution < 1.29 is 9.26 Å². The molecule has 16 heavy (non-hydrogen) atoms. The first-order valence-electron chi connectivity index (χ1n) is 6.46. The van der Waals surface area contributed by atoms with Crippen LogP contribution in [0.1, 0.15) is 51.9 Å². The van der Waals surface area contributed by atoms with Crippen molar-refractivity contribution >= 4 is 9.47 Å². The van der Waals surface area contributed by atoms with Crippen LogP contribution in [-0.2, 0) is 9.26 Å². The zero-order valence-electron chi connectivity index (χ0n) is 10.6. The Morgan fingerprint density at radius 3 is 2.25 bits per heavy atom. The second-order valence-electron chi connectivity index (χ2n) is 3.92. The SMILES string of the molecule is CCC=CCCCOCCCCCCOP. The molecule has 0 heterocycles. The predicted octanol–water partition coefficient (Wildman–Crippen LogP) is 4.12. The van der Waals surface area contributed by atoms with E-state index in [1.54, 1.807) is 0 Å². The van der Waals surface area contributed by atoms with Gasteiger partial charge in [-0.1, -0.05) is 31.9 Å². The zero-order chi connectivity index (χ0) is 11.9. The second kappa shape index (κ2) is 15.1. The molecule has 0 N–H and O–H groups in total. The maximum Gasteiger partial charge on any atom is 0.0501 e. The lowest BCUT2D eigenvalue weighted by molar-refractivity contribution is 0.128. The quantitative estimate of drug-likeness (QED) is 0.293. The molecule has 0 fully saturated rings. The van der Waals surface area contributed by atoms with Crippen LogP contribution in [0.3, 0.4) is 0 Å². The summed E-state index contributed by atoms with van der Waals surface area (Å²) < 4.78 is 10.5. The summed E-state index contributed by atoms with van der Waals surface area (Å²) in [5, 5.41) is 0. The first-order chi connectivity index (χ1) is 7.91. The Bertz CT molecular complexity index is 149. The molecule has 0 aliphatic heterocycles. The first-order valence-corrected chi connectivity index (χ1v) is 6.93. The first kappa shape index (κ1) is 16.1. The smallest absolute Gasteiger partial charge is 0.0501 e. The van der Waals surface area contributed by atoms with Gasteiger partial charge in [-0.15, -0.1) is 0 Å². The van der Waals surface area contributed by atoms with Crippen LogP contribution in [0.2, 0.25) is 0 Å². The number of ether oxygens (including phenoxy) is 1. The number of hydrogen-bond acceptors (Lipinski definition) is 2.